The molecule has 0 saturated heterocycles. The van der Waals surface area contributed by atoms with Gasteiger partial charge in [0.2, 0.25) is 0 Å². The minimum absolute atomic E-state index is 0.00727. The first-order chi connectivity index (χ1) is 12.7. The second-order valence-electron chi connectivity index (χ2n) is 7.69. The third-order valence-electron chi connectivity index (χ3n) is 6.17. The van der Waals surface area contributed by atoms with Crippen molar-refractivity contribution in [3.63, 3.8) is 0 Å². The molecule has 0 spiro atoms. The zero-order valence-electron chi connectivity index (χ0n) is 15.1. The second kappa shape index (κ2) is 5.98. The lowest BCUT2D eigenvalue weighted by Crippen LogP contribution is -2.22. The molecule has 2 unspecified atom stereocenters. The molecule has 0 aromatic heterocycles. The fourth-order valence-electron chi connectivity index (χ4n) is 4.86. The highest BCUT2D eigenvalue weighted by Gasteiger charge is 2.36. The van der Waals surface area contributed by atoms with Crippen LogP contribution in [0.15, 0.2) is 54.6 Å². The quantitative estimate of drug-likeness (QED) is 0.658. The van der Waals surface area contributed by atoms with Crippen LogP contribution in [0, 0.1) is 0 Å². The standard InChI is InChI=1S/C24H23NO/c1-2-25-24(26)21-8-5-15-11-16(3-4-17(15)12-21)18-9-10-22-19-6-7-20(13-19)23(22)14-18/h3-5,8-12,14,19-20H,2,6-7,13H2,1H3,(H,25,26). The van der Waals surface area contributed by atoms with E-state index in [0.717, 1.165) is 22.8 Å². The Balaban J connectivity index is 1.51. The van der Waals surface area contributed by atoms with Gasteiger partial charge in [-0.05, 0) is 89.2 Å². The first-order valence-electron chi connectivity index (χ1n) is 9.69. The highest BCUT2D eigenvalue weighted by atomic mass is 16.1. The minimum atomic E-state index is -0.00727. The maximum absolute atomic E-state index is 12.0. The lowest BCUT2D eigenvalue weighted by molar-refractivity contribution is 0.0956. The molecule has 130 valence electrons. The SMILES string of the molecule is CCNC(=O)c1ccc2cc(-c3ccc4c(c3)C3CCC4C3)ccc2c1. The fourth-order valence-corrected chi connectivity index (χ4v) is 4.86. The molecule has 0 radical (unpaired) electrons. The minimum Gasteiger partial charge on any atom is -0.352 e. The molecular weight excluding hydrogens is 318 g/mol. The summed E-state index contributed by atoms with van der Waals surface area (Å²) in [5, 5.41) is 5.15. The molecule has 5 rings (SSSR count). The summed E-state index contributed by atoms with van der Waals surface area (Å²) in [6, 6.07) is 19.6. The molecule has 3 aromatic rings. The van der Waals surface area contributed by atoms with Gasteiger partial charge in [-0.15, -0.1) is 0 Å². The molecule has 2 aliphatic carbocycles. The average molecular weight is 341 g/mol. The molecular formula is C24H23NO. The molecule has 2 atom stereocenters. The van der Waals surface area contributed by atoms with Gasteiger partial charge in [-0.3, -0.25) is 4.79 Å². The van der Waals surface area contributed by atoms with E-state index in [1.54, 1.807) is 11.1 Å². The van der Waals surface area contributed by atoms with Crippen LogP contribution in [-0.2, 0) is 0 Å². The van der Waals surface area contributed by atoms with E-state index in [1.165, 1.54) is 35.8 Å². The van der Waals surface area contributed by atoms with Gasteiger partial charge in [-0.1, -0.05) is 36.4 Å². The smallest absolute Gasteiger partial charge is 0.251 e. The number of carbonyl (C=O) groups excluding carboxylic acids is 1. The summed E-state index contributed by atoms with van der Waals surface area (Å²) in [7, 11) is 0. The van der Waals surface area contributed by atoms with E-state index in [4.69, 9.17) is 0 Å². The fraction of sp³-hybridized carbons (Fsp3) is 0.292. The van der Waals surface area contributed by atoms with E-state index in [1.807, 2.05) is 19.1 Å². The lowest BCUT2D eigenvalue weighted by Gasteiger charge is -2.16. The Morgan fingerprint density at radius 1 is 0.885 bits per heavy atom. The van der Waals surface area contributed by atoms with Gasteiger partial charge in [0.15, 0.2) is 0 Å². The van der Waals surface area contributed by atoms with Gasteiger partial charge in [0, 0.05) is 12.1 Å². The summed E-state index contributed by atoms with van der Waals surface area (Å²) in [4.78, 5) is 12.0. The van der Waals surface area contributed by atoms with Crippen LogP contribution in [0.2, 0.25) is 0 Å². The van der Waals surface area contributed by atoms with Gasteiger partial charge >= 0.3 is 0 Å². The third kappa shape index (κ3) is 2.44. The second-order valence-corrected chi connectivity index (χ2v) is 7.69. The van der Waals surface area contributed by atoms with E-state index < -0.39 is 0 Å². The maximum atomic E-state index is 12.0. The number of carbonyl (C=O) groups is 1. The Morgan fingerprint density at radius 3 is 2.42 bits per heavy atom. The van der Waals surface area contributed by atoms with Gasteiger partial charge in [-0.2, -0.15) is 0 Å². The summed E-state index contributed by atoms with van der Waals surface area (Å²) < 4.78 is 0. The Labute approximate surface area is 154 Å². The van der Waals surface area contributed by atoms with Crippen molar-refractivity contribution >= 4 is 16.7 Å². The van der Waals surface area contributed by atoms with Crippen LogP contribution < -0.4 is 5.32 Å². The van der Waals surface area contributed by atoms with Gasteiger partial charge in [0.05, 0.1) is 0 Å². The van der Waals surface area contributed by atoms with Crippen LogP contribution >= 0.6 is 0 Å². The van der Waals surface area contributed by atoms with E-state index in [9.17, 15) is 4.79 Å². The highest BCUT2D eigenvalue weighted by Crippen LogP contribution is 2.53. The highest BCUT2D eigenvalue weighted by molar-refractivity contribution is 5.99. The molecule has 0 heterocycles. The van der Waals surface area contributed by atoms with Crippen LogP contribution in [0.5, 0.6) is 0 Å². The number of amides is 1. The first-order valence-corrected chi connectivity index (χ1v) is 9.69. The number of hydrogen-bond donors (Lipinski definition) is 1. The summed E-state index contributed by atoms with van der Waals surface area (Å²) in [5.41, 5.74) is 6.48. The molecule has 3 aromatic carbocycles. The predicted molar refractivity (Wildman–Crippen MR) is 107 cm³/mol. The molecule has 26 heavy (non-hydrogen) atoms. The van der Waals surface area contributed by atoms with E-state index in [-0.39, 0.29) is 5.91 Å². The maximum Gasteiger partial charge on any atom is 0.251 e. The number of nitrogens with one attached hydrogen (secondary N) is 1. The van der Waals surface area contributed by atoms with Gasteiger partial charge in [-0.25, -0.2) is 0 Å². The Bertz CT molecular complexity index is 1020. The monoisotopic (exact) mass is 341 g/mol. The molecule has 1 N–H and O–H groups in total. The van der Waals surface area contributed by atoms with Gasteiger partial charge < -0.3 is 5.32 Å². The number of rotatable bonds is 3. The van der Waals surface area contributed by atoms with Crippen LogP contribution in [-0.4, -0.2) is 12.5 Å². The largest absolute Gasteiger partial charge is 0.352 e. The zero-order valence-corrected chi connectivity index (χ0v) is 15.1. The molecule has 0 aliphatic heterocycles. The van der Waals surface area contributed by atoms with Crippen molar-refractivity contribution in [1.82, 2.24) is 5.32 Å². The summed E-state index contributed by atoms with van der Waals surface area (Å²) in [5.74, 6) is 1.59. The van der Waals surface area contributed by atoms with Crippen LogP contribution in [0.25, 0.3) is 21.9 Å². The summed E-state index contributed by atoms with van der Waals surface area (Å²) in [6.07, 6.45) is 4.10. The lowest BCUT2D eigenvalue weighted by atomic mass is 9.89. The molecule has 2 bridgehead atoms. The van der Waals surface area contributed by atoms with E-state index >= 15 is 0 Å². The normalized spacial score (nSPS) is 20.3. The van der Waals surface area contributed by atoms with Crippen molar-refractivity contribution < 1.29 is 4.79 Å². The van der Waals surface area contributed by atoms with Crippen LogP contribution in [0.4, 0.5) is 0 Å². The third-order valence-corrected chi connectivity index (χ3v) is 6.17. The van der Waals surface area contributed by atoms with E-state index in [2.05, 4.69) is 47.8 Å². The summed E-state index contributed by atoms with van der Waals surface area (Å²) in [6.45, 7) is 2.59. The van der Waals surface area contributed by atoms with Crippen molar-refractivity contribution in [2.24, 2.45) is 0 Å². The Kier molecular flexibility index (Phi) is 3.59. The van der Waals surface area contributed by atoms with Crippen molar-refractivity contribution in [3.8, 4) is 11.1 Å². The van der Waals surface area contributed by atoms with Crippen molar-refractivity contribution in [2.45, 2.75) is 38.0 Å². The van der Waals surface area contributed by atoms with E-state index in [0.29, 0.717) is 6.54 Å². The number of fused-ring (bicyclic) bond motifs is 6. The topological polar surface area (TPSA) is 29.1 Å². The number of hydrogen-bond acceptors (Lipinski definition) is 1. The molecule has 2 nitrogen and oxygen atoms in total. The molecule has 1 amide bonds. The van der Waals surface area contributed by atoms with Crippen LogP contribution in [0.1, 0.15) is 59.5 Å². The Morgan fingerprint density at radius 2 is 1.58 bits per heavy atom. The van der Waals surface area contributed by atoms with Gasteiger partial charge in [0.1, 0.15) is 0 Å². The zero-order chi connectivity index (χ0) is 17.7. The molecule has 1 saturated carbocycles. The van der Waals surface area contributed by atoms with Crippen molar-refractivity contribution in [2.75, 3.05) is 6.54 Å². The van der Waals surface area contributed by atoms with Crippen molar-refractivity contribution in [3.05, 3.63) is 71.3 Å². The Hall–Kier alpha value is -2.61. The molecule has 2 heteroatoms. The first kappa shape index (κ1) is 15.6. The summed E-state index contributed by atoms with van der Waals surface area (Å²) >= 11 is 0. The number of benzene rings is 3. The predicted octanol–water partition coefficient (Wildman–Crippen LogP) is 5.62. The van der Waals surface area contributed by atoms with Gasteiger partial charge in [0.25, 0.3) is 5.91 Å². The average Bonchev–Trinajstić information content (AvgIpc) is 3.29. The van der Waals surface area contributed by atoms with Crippen LogP contribution in [0.3, 0.4) is 0 Å². The van der Waals surface area contributed by atoms with Crippen molar-refractivity contribution in [1.29, 1.82) is 0 Å². The molecule has 2 aliphatic rings. The molecule has 1 fully saturated rings.